The molecular weight excluding hydrogens is 456 g/mol. The van der Waals surface area contributed by atoms with Gasteiger partial charge in [-0.3, -0.25) is 9.36 Å². The minimum atomic E-state index is -0.216. The molecule has 0 aliphatic heterocycles. The summed E-state index contributed by atoms with van der Waals surface area (Å²) in [6, 6.07) is 5.35. The highest BCUT2D eigenvalue weighted by Gasteiger charge is 2.17. The summed E-state index contributed by atoms with van der Waals surface area (Å²) in [5, 5.41) is 14.6. The lowest BCUT2D eigenvalue weighted by Crippen LogP contribution is -2.15. The van der Waals surface area contributed by atoms with Crippen LogP contribution in [0.25, 0.3) is 11.4 Å². The molecule has 31 heavy (non-hydrogen) atoms. The third-order valence-electron chi connectivity index (χ3n) is 4.37. The molecule has 0 bridgehead atoms. The first kappa shape index (κ1) is 23.2. The van der Waals surface area contributed by atoms with Crippen LogP contribution in [0.15, 0.2) is 41.4 Å². The number of methoxy groups -OCH3 is 2. The van der Waals surface area contributed by atoms with Crippen LogP contribution in [0.1, 0.15) is 11.8 Å². The molecule has 0 atom stereocenters. The number of nitrogens with one attached hydrogen (secondary N) is 1. The lowest BCUT2D eigenvalue weighted by Gasteiger charge is -2.13. The Labute approximate surface area is 194 Å². The van der Waals surface area contributed by atoms with Crippen LogP contribution in [0.2, 0.25) is 5.02 Å². The summed E-state index contributed by atoms with van der Waals surface area (Å²) in [7, 11) is 3.02. The molecule has 0 unspecified atom stereocenters. The molecule has 10 heteroatoms. The minimum absolute atomic E-state index is 0.146. The Kier molecular flexibility index (Phi) is 8.00. The summed E-state index contributed by atoms with van der Waals surface area (Å²) in [6.45, 7) is 6.50. The van der Waals surface area contributed by atoms with E-state index in [4.69, 9.17) is 21.1 Å². The van der Waals surface area contributed by atoms with Gasteiger partial charge < -0.3 is 14.8 Å². The Morgan fingerprint density at radius 1 is 1.29 bits per heavy atom. The highest BCUT2D eigenvalue weighted by atomic mass is 35.5. The van der Waals surface area contributed by atoms with Gasteiger partial charge in [0.05, 0.1) is 30.7 Å². The number of aromatic nitrogens is 3. The van der Waals surface area contributed by atoms with E-state index in [-0.39, 0.29) is 11.7 Å². The Hall–Kier alpha value is -2.49. The largest absolute Gasteiger partial charge is 0.495 e. The maximum absolute atomic E-state index is 12.6. The van der Waals surface area contributed by atoms with Crippen LogP contribution in [0.3, 0.4) is 0 Å². The first-order chi connectivity index (χ1) is 15.0. The number of thiophene rings is 1. The molecule has 0 aliphatic rings. The molecule has 1 N–H and O–H groups in total. The average Bonchev–Trinajstić information content (AvgIpc) is 3.40. The number of carbonyl (C=O) groups is 1. The molecule has 3 aromatic rings. The summed E-state index contributed by atoms with van der Waals surface area (Å²) < 4.78 is 12.5. The zero-order chi connectivity index (χ0) is 22.4. The second-order valence-corrected chi connectivity index (χ2v) is 8.73. The van der Waals surface area contributed by atoms with E-state index in [1.807, 2.05) is 4.57 Å². The second-order valence-electron chi connectivity index (χ2n) is 6.38. The van der Waals surface area contributed by atoms with Crippen molar-refractivity contribution in [2.45, 2.75) is 25.0 Å². The Balaban J connectivity index is 1.74. The lowest BCUT2D eigenvalue weighted by molar-refractivity contribution is -0.113. The van der Waals surface area contributed by atoms with Crippen LogP contribution in [0.4, 0.5) is 5.69 Å². The predicted octanol–water partition coefficient (Wildman–Crippen LogP) is 5.16. The van der Waals surface area contributed by atoms with Crippen molar-refractivity contribution < 1.29 is 14.3 Å². The molecule has 1 amide bonds. The van der Waals surface area contributed by atoms with Crippen molar-refractivity contribution in [3.8, 4) is 22.9 Å². The molecule has 0 fully saturated rings. The smallest absolute Gasteiger partial charge is 0.234 e. The van der Waals surface area contributed by atoms with Crippen molar-refractivity contribution in [1.29, 1.82) is 0 Å². The minimum Gasteiger partial charge on any atom is -0.495 e. The van der Waals surface area contributed by atoms with Gasteiger partial charge >= 0.3 is 0 Å². The number of halogens is 1. The van der Waals surface area contributed by atoms with Gasteiger partial charge in [0.1, 0.15) is 11.5 Å². The van der Waals surface area contributed by atoms with Crippen LogP contribution in [-0.2, 0) is 17.8 Å². The number of benzene rings is 1. The normalized spacial score (nSPS) is 10.7. The van der Waals surface area contributed by atoms with E-state index < -0.39 is 0 Å². The molecule has 7 nitrogen and oxygen atoms in total. The molecule has 2 heterocycles. The number of amides is 1. The number of allylic oxidation sites excluding steroid dienone is 1. The molecule has 1 aromatic carbocycles. The van der Waals surface area contributed by atoms with Gasteiger partial charge in [0.25, 0.3) is 0 Å². The van der Waals surface area contributed by atoms with Crippen LogP contribution in [0.5, 0.6) is 11.5 Å². The molecule has 164 valence electrons. The van der Waals surface area contributed by atoms with Gasteiger partial charge in [-0.1, -0.05) is 36.4 Å². The van der Waals surface area contributed by atoms with E-state index in [1.54, 1.807) is 29.5 Å². The second kappa shape index (κ2) is 10.7. The number of thioether (sulfide) groups is 1. The van der Waals surface area contributed by atoms with Gasteiger partial charge in [-0.25, -0.2) is 0 Å². The number of carbonyl (C=O) groups excluding carboxylic acids is 1. The highest BCUT2D eigenvalue weighted by Crippen LogP contribution is 2.36. The van der Waals surface area contributed by atoms with E-state index in [1.165, 1.54) is 30.9 Å². The molecule has 0 aliphatic carbocycles. The van der Waals surface area contributed by atoms with Gasteiger partial charge in [-0.2, -0.15) is 0 Å². The van der Waals surface area contributed by atoms with E-state index >= 15 is 0 Å². The number of ether oxygens (including phenoxy) is 2. The first-order valence-corrected chi connectivity index (χ1v) is 11.7. The van der Waals surface area contributed by atoms with Crippen LogP contribution < -0.4 is 14.8 Å². The Morgan fingerprint density at radius 3 is 2.71 bits per heavy atom. The fraction of sp³-hybridized carbons (Fsp3) is 0.286. The zero-order valence-corrected chi connectivity index (χ0v) is 19.9. The van der Waals surface area contributed by atoms with E-state index in [0.717, 1.165) is 17.8 Å². The Morgan fingerprint density at radius 2 is 2.06 bits per heavy atom. The first-order valence-electron chi connectivity index (χ1n) is 9.46. The topological polar surface area (TPSA) is 78.3 Å². The van der Waals surface area contributed by atoms with Crippen molar-refractivity contribution in [2.75, 3.05) is 25.3 Å². The van der Waals surface area contributed by atoms with Crippen molar-refractivity contribution in [3.05, 3.63) is 46.1 Å². The molecule has 0 saturated heterocycles. The third kappa shape index (κ3) is 5.41. The van der Waals surface area contributed by atoms with Gasteiger partial charge in [-0.05, 0) is 12.5 Å². The number of hydrogen-bond donors (Lipinski definition) is 1. The molecule has 3 rings (SSSR count). The SMILES string of the molecule is C=CCn1c(SCC(=O)Nc2cc(OC)c(Cl)cc2OC)nnc1-c1csc(CC)c1. The standard InChI is InChI=1S/C21H23ClN4O3S2/c1-5-7-26-20(13-8-14(6-2)30-11-13)24-25-21(26)31-12-19(27)23-16-10-17(28-3)15(22)9-18(16)29-4/h5,8-11H,1,6-7,12H2,2-4H3,(H,23,27). The van der Waals surface area contributed by atoms with Gasteiger partial charge in [0.15, 0.2) is 11.0 Å². The zero-order valence-electron chi connectivity index (χ0n) is 17.5. The van der Waals surface area contributed by atoms with Crippen LogP contribution in [0, 0.1) is 0 Å². The monoisotopic (exact) mass is 478 g/mol. The van der Waals surface area contributed by atoms with Crippen molar-refractivity contribution in [3.63, 3.8) is 0 Å². The maximum atomic E-state index is 12.6. The number of aryl methyl sites for hydroxylation is 1. The van der Waals surface area contributed by atoms with Crippen LogP contribution >= 0.6 is 34.7 Å². The number of hydrogen-bond acceptors (Lipinski definition) is 7. The van der Waals surface area contributed by atoms with E-state index in [2.05, 4.69) is 40.5 Å². The predicted molar refractivity (Wildman–Crippen MR) is 127 cm³/mol. The molecular formula is C21H23ClN4O3S2. The molecule has 0 radical (unpaired) electrons. The number of rotatable bonds is 10. The fourth-order valence-electron chi connectivity index (χ4n) is 2.86. The van der Waals surface area contributed by atoms with E-state index in [9.17, 15) is 4.79 Å². The molecule has 0 spiro atoms. The summed E-state index contributed by atoms with van der Waals surface area (Å²) in [4.78, 5) is 13.9. The maximum Gasteiger partial charge on any atom is 0.234 e. The number of anilines is 1. The van der Waals surface area contributed by atoms with Gasteiger partial charge in [0, 0.05) is 34.5 Å². The van der Waals surface area contributed by atoms with Crippen molar-refractivity contribution >= 4 is 46.3 Å². The third-order valence-corrected chi connectivity index (χ3v) is 6.71. The molecule has 0 saturated carbocycles. The van der Waals surface area contributed by atoms with Gasteiger partial charge in [-0.15, -0.1) is 28.1 Å². The molecule has 2 aromatic heterocycles. The van der Waals surface area contributed by atoms with Crippen molar-refractivity contribution in [1.82, 2.24) is 14.8 Å². The summed E-state index contributed by atoms with van der Waals surface area (Å²) >= 11 is 9.12. The summed E-state index contributed by atoms with van der Waals surface area (Å²) in [6.07, 6.45) is 2.76. The van der Waals surface area contributed by atoms with Crippen molar-refractivity contribution in [2.24, 2.45) is 0 Å². The quantitative estimate of drug-likeness (QED) is 0.320. The highest BCUT2D eigenvalue weighted by molar-refractivity contribution is 7.99. The Bertz CT molecular complexity index is 1080. The fourth-order valence-corrected chi connectivity index (χ4v) is 4.65. The number of nitrogens with zero attached hydrogens (tertiary/aromatic N) is 3. The summed E-state index contributed by atoms with van der Waals surface area (Å²) in [5.74, 6) is 1.59. The summed E-state index contributed by atoms with van der Waals surface area (Å²) in [5.41, 5.74) is 1.50. The van der Waals surface area contributed by atoms with Gasteiger partial charge in [0.2, 0.25) is 5.91 Å². The average molecular weight is 479 g/mol. The van der Waals surface area contributed by atoms with E-state index in [0.29, 0.717) is 33.9 Å². The van der Waals surface area contributed by atoms with Crippen LogP contribution in [-0.4, -0.2) is 40.6 Å². The lowest BCUT2D eigenvalue weighted by atomic mass is 10.2.